The Bertz CT molecular complexity index is 356. The highest BCUT2D eigenvalue weighted by molar-refractivity contribution is 14.1. The van der Waals surface area contributed by atoms with Gasteiger partial charge in [-0.1, -0.05) is 67.8 Å². The predicted molar refractivity (Wildman–Crippen MR) is 127 cm³/mol. The molecule has 0 fully saturated rings. The summed E-state index contributed by atoms with van der Waals surface area (Å²) in [6.45, 7) is 2.24. The van der Waals surface area contributed by atoms with E-state index < -0.39 is 0 Å². The summed E-state index contributed by atoms with van der Waals surface area (Å²) in [5.41, 5.74) is 0. The fourth-order valence-electron chi connectivity index (χ4n) is 1.96. The van der Waals surface area contributed by atoms with Crippen molar-refractivity contribution < 1.29 is 14.2 Å². The minimum atomic E-state index is 0.746. The van der Waals surface area contributed by atoms with Crippen LogP contribution in [-0.2, 0) is 0 Å². The molecule has 3 nitrogen and oxygen atoms in total. The largest absolute Gasteiger partial charge is 0.493 e. The molecule has 0 aromatic heterocycles. The molecule has 0 aliphatic heterocycles. The van der Waals surface area contributed by atoms with E-state index in [1.807, 2.05) is 18.2 Å². The van der Waals surface area contributed by atoms with E-state index in [-0.39, 0.29) is 0 Å². The predicted octanol–water partition coefficient (Wildman–Crippen LogP) is 6.47. The normalized spacial score (nSPS) is 10.6. The van der Waals surface area contributed by atoms with Crippen LogP contribution in [0.5, 0.6) is 17.2 Å². The molecule has 0 amide bonds. The van der Waals surface area contributed by atoms with Crippen LogP contribution in [0.1, 0.15) is 38.5 Å². The molecule has 138 valence electrons. The van der Waals surface area contributed by atoms with Crippen LogP contribution >= 0.6 is 67.8 Å². The molecular weight excluding hydrogens is 645 g/mol. The van der Waals surface area contributed by atoms with Gasteiger partial charge in [0, 0.05) is 18.2 Å². The molecule has 0 spiro atoms. The summed E-state index contributed by atoms with van der Waals surface area (Å²) in [6, 6.07) is 5.93. The molecule has 0 atom stereocenters. The van der Waals surface area contributed by atoms with Gasteiger partial charge >= 0.3 is 0 Å². The van der Waals surface area contributed by atoms with Crippen LogP contribution in [0, 0.1) is 0 Å². The third kappa shape index (κ3) is 11.4. The maximum absolute atomic E-state index is 5.88. The number of hydrogen-bond acceptors (Lipinski definition) is 3. The number of halogens is 3. The maximum atomic E-state index is 5.88. The minimum absolute atomic E-state index is 0.746. The fraction of sp³-hybridized carbons (Fsp3) is 0.667. The lowest BCUT2D eigenvalue weighted by atomic mass is 10.3. The Labute approximate surface area is 187 Å². The average Bonchev–Trinajstić information content (AvgIpc) is 2.59. The van der Waals surface area contributed by atoms with Crippen LogP contribution < -0.4 is 14.2 Å². The van der Waals surface area contributed by atoms with Gasteiger partial charge in [-0.25, -0.2) is 0 Å². The van der Waals surface area contributed by atoms with E-state index in [1.54, 1.807) is 0 Å². The molecule has 0 aliphatic rings. The second kappa shape index (κ2) is 16.0. The molecule has 0 saturated heterocycles. The standard InChI is InChI=1S/C18H27I3O3/c19-7-1-4-10-22-16-13-17(23-11-5-2-8-20)15-18(14-16)24-12-6-3-9-21/h13-15H,1-12H2. The van der Waals surface area contributed by atoms with Crippen molar-refractivity contribution in [1.29, 1.82) is 0 Å². The van der Waals surface area contributed by atoms with Gasteiger partial charge in [0.2, 0.25) is 0 Å². The van der Waals surface area contributed by atoms with Crippen LogP contribution in [0.15, 0.2) is 18.2 Å². The van der Waals surface area contributed by atoms with E-state index in [0.29, 0.717) is 0 Å². The second-order valence-electron chi connectivity index (χ2n) is 5.37. The Morgan fingerprint density at radius 2 is 0.792 bits per heavy atom. The lowest BCUT2D eigenvalue weighted by molar-refractivity contribution is 0.280. The molecule has 0 N–H and O–H groups in total. The highest BCUT2D eigenvalue weighted by atomic mass is 127. The van der Waals surface area contributed by atoms with Crippen molar-refractivity contribution in [2.24, 2.45) is 0 Å². The van der Waals surface area contributed by atoms with E-state index in [9.17, 15) is 0 Å². The first-order valence-corrected chi connectivity index (χ1v) is 13.1. The number of ether oxygens (including phenoxy) is 3. The molecular formula is C18H27I3O3. The van der Waals surface area contributed by atoms with E-state index in [0.717, 1.165) is 56.3 Å². The zero-order valence-corrected chi connectivity index (χ0v) is 20.5. The van der Waals surface area contributed by atoms with E-state index in [4.69, 9.17) is 14.2 Å². The molecule has 1 aromatic carbocycles. The summed E-state index contributed by atoms with van der Waals surface area (Å²) < 4.78 is 21.2. The first kappa shape index (κ1) is 22.9. The summed E-state index contributed by atoms with van der Waals surface area (Å²) in [4.78, 5) is 0. The Balaban J connectivity index is 2.58. The van der Waals surface area contributed by atoms with Crippen LogP contribution in [0.4, 0.5) is 0 Å². The van der Waals surface area contributed by atoms with Crippen molar-refractivity contribution in [3.05, 3.63) is 18.2 Å². The first-order chi connectivity index (χ1) is 11.8. The summed E-state index contributed by atoms with van der Waals surface area (Å²) >= 11 is 7.20. The van der Waals surface area contributed by atoms with E-state index in [1.165, 1.54) is 32.5 Å². The molecule has 1 aromatic rings. The third-order valence-electron chi connectivity index (χ3n) is 3.24. The molecule has 6 heteroatoms. The van der Waals surface area contributed by atoms with Gasteiger partial charge in [0.25, 0.3) is 0 Å². The van der Waals surface area contributed by atoms with Gasteiger partial charge in [-0.3, -0.25) is 0 Å². The highest BCUT2D eigenvalue weighted by Gasteiger charge is 2.05. The van der Waals surface area contributed by atoms with Crippen molar-refractivity contribution in [2.45, 2.75) is 38.5 Å². The molecule has 0 bridgehead atoms. The van der Waals surface area contributed by atoms with Gasteiger partial charge in [-0.15, -0.1) is 0 Å². The highest BCUT2D eigenvalue weighted by Crippen LogP contribution is 2.28. The van der Waals surface area contributed by atoms with Gasteiger partial charge in [-0.05, 0) is 51.8 Å². The zero-order chi connectivity index (χ0) is 17.5. The lowest BCUT2D eigenvalue weighted by Gasteiger charge is -2.13. The minimum Gasteiger partial charge on any atom is -0.493 e. The topological polar surface area (TPSA) is 27.7 Å². The smallest absolute Gasteiger partial charge is 0.126 e. The summed E-state index contributed by atoms with van der Waals surface area (Å²) in [5, 5.41) is 0. The number of unbranched alkanes of at least 4 members (excludes halogenated alkanes) is 3. The Kier molecular flexibility index (Phi) is 15.3. The molecule has 0 saturated carbocycles. The molecule has 24 heavy (non-hydrogen) atoms. The Morgan fingerprint density at radius 1 is 0.500 bits per heavy atom. The summed E-state index contributed by atoms with van der Waals surface area (Å²) in [5.74, 6) is 2.54. The molecule has 0 radical (unpaired) electrons. The van der Waals surface area contributed by atoms with Gasteiger partial charge in [0.05, 0.1) is 19.8 Å². The number of rotatable bonds is 15. The van der Waals surface area contributed by atoms with Crippen molar-refractivity contribution in [1.82, 2.24) is 0 Å². The van der Waals surface area contributed by atoms with Gasteiger partial charge < -0.3 is 14.2 Å². The van der Waals surface area contributed by atoms with Crippen LogP contribution in [0.3, 0.4) is 0 Å². The lowest BCUT2D eigenvalue weighted by Crippen LogP contribution is -2.02. The number of alkyl halides is 3. The van der Waals surface area contributed by atoms with Crippen LogP contribution in [0.2, 0.25) is 0 Å². The monoisotopic (exact) mass is 672 g/mol. The third-order valence-corrected chi connectivity index (χ3v) is 5.53. The SMILES string of the molecule is ICCCCOc1cc(OCCCCI)cc(OCCCCI)c1. The van der Waals surface area contributed by atoms with E-state index >= 15 is 0 Å². The van der Waals surface area contributed by atoms with Gasteiger partial charge in [0.1, 0.15) is 17.2 Å². The van der Waals surface area contributed by atoms with Gasteiger partial charge in [0.15, 0.2) is 0 Å². The van der Waals surface area contributed by atoms with Crippen molar-refractivity contribution in [3.8, 4) is 17.2 Å². The molecule has 0 heterocycles. The van der Waals surface area contributed by atoms with Crippen molar-refractivity contribution >= 4 is 67.8 Å². The molecule has 1 rings (SSSR count). The first-order valence-electron chi connectivity index (χ1n) is 8.51. The average molecular weight is 672 g/mol. The van der Waals surface area contributed by atoms with E-state index in [2.05, 4.69) is 67.8 Å². The summed E-state index contributed by atoms with van der Waals surface area (Å²) in [6.07, 6.45) is 6.80. The number of hydrogen-bond donors (Lipinski definition) is 0. The maximum Gasteiger partial charge on any atom is 0.126 e. The van der Waals surface area contributed by atoms with Crippen molar-refractivity contribution in [3.63, 3.8) is 0 Å². The van der Waals surface area contributed by atoms with Crippen LogP contribution in [-0.4, -0.2) is 33.1 Å². The molecule has 0 unspecified atom stereocenters. The van der Waals surface area contributed by atoms with Crippen LogP contribution in [0.25, 0.3) is 0 Å². The molecule has 0 aliphatic carbocycles. The van der Waals surface area contributed by atoms with Crippen molar-refractivity contribution in [2.75, 3.05) is 33.1 Å². The second-order valence-corrected chi connectivity index (χ2v) is 8.61. The van der Waals surface area contributed by atoms with Gasteiger partial charge in [-0.2, -0.15) is 0 Å². The Hall–Kier alpha value is 0.810. The summed E-state index contributed by atoms with van der Waals surface area (Å²) in [7, 11) is 0. The Morgan fingerprint density at radius 3 is 1.04 bits per heavy atom. The fourth-order valence-corrected chi connectivity index (χ4v) is 3.57. The quantitative estimate of drug-likeness (QED) is 0.122. The number of benzene rings is 1. The zero-order valence-electron chi connectivity index (χ0n) is 14.1.